The summed E-state index contributed by atoms with van der Waals surface area (Å²) in [6.07, 6.45) is 0.0532. The molecule has 0 aromatic carbocycles. The fourth-order valence-electron chi connectivity index (χ4n) is 0.934. The predicted molar refractivity (Wildman–Crippen MR) is 38.9 cm³/mol. The van der Waals surface area contributed by atoms with E-state index in [0.29, 0.717) is 13.0 Å². The lowest BCUT2D eigenvalue weighted by molar-refractivity contribution is -0.119. The van der Waals surface area contributed by atoms with Crippen LogP contribution in [0.5, 0.6) is 0 Å². The van der Waals surface area contributed by atoms with E-state index < -0.39 is 6.10 Å². The number of β-amino-alcohol motifs (C(OH)–C–C–N with tert-alkyl or cyclic N) is 1. The van der Waals surface area contributed by atoms with Gasteiger partial charge in [0.1, 0.15) is 0 Å². The number of carbonyl (C=O) groups excluding carboxylic acids is 1. The summed E-state index contributed by atoms with van der Waals surface area (Å²) in [5.74, 6) is -0.383. The van der Waals surface area contributed by atoms with E-state index in [1.54, 1.807) is 0 Å². The molecule has 4 nitrogen and oxygen atoms in total. The number of primary amides is 1. The third kappa shape index (κ3) is 2.13. The van der Waals surface area contributed by atoms with Gasteiger partial charge in [0.25, 0.3) is 0 Å². The molecule has 1 amide bonds. The first-order valence-corrected chi connectivity index (χ1v) is 2.91. The van der Waals surface area contributed by atoms with Crippen LogP contribution in [0.15, 0.2) is 0 Å². The molecule has 0 aromatic rings. The molecule has 2 atom stereocenters. The van der Waals surface area contributed by atoms with Gasteiger partial charge in [-0.3, -0.25) is 4.79 Å². The SMILES string of the molecule is Cl.NC(=O)[C@@H]1CC(O)CN1. The highest BCUT2D eigenvalue weighted by Crippen LogP contribution is 2.04. The maximum Gasteiger partial charge on any atom is 0.234 e. The summed E-state index contributed by atoms with van der Waals surface area (Å²) >= 11 is 0. The van der Waals surface area contributed by atoms with E-state index in [1.807, 2.05) is 0 Å². The van der Waals surface area contributed by atoms with Gasteiger partial charge < -0.3 is 16.2 Å². The summed E-state index contributed by atoms with van der Waals surface area (Å²) < 4.78 is 0. The largest absolute Gasteiger partial charge is 0.392 e. The number of amides is 1. The Morgan fingerprint density at radius 3 is 2.50 bits per heavy atom. The van der Waals surface area contributed by atoms with Gasteiger partial charge >= 0.3 is 0 Å². The van der Waals surface area contributed by atoms with Crippen LogP contribution < -0.4 is 11.1 Å². The van der Waals surface area contributed by atoms with Crippen molar-refractivity contribution in [3.8, 4) is 0 Å². The highest BCUT2D eigenvalue weighted by atomic mass is 35.5. The third-order valence-corrected chi connectivity index (χ3v) is 1.45. The Balaban J connectivity index is 0.000000810. The maximum absolute atomic E-state index is 10.4. The molecule has 1 heterocycles. The molecule has 0 radical (unpaired) electrons. The summed E-state index contributed by atoms with van der Waals surface area (Å²) in [5, 5.41) is 11.7. The summed E-state index contributed by atoms with van der Waals surface area (Å²) in [7, 11) is 0. The van der Waals surface area contributed by atoms with Gasteiger partial charge in [-0.2, -0.15) is 0 Å². The van der Waals surface area contributed by atoms with Crippen molar-refractivity contribution in [3.05, 3.63) is 0 Å². The fourth-order valence-corrected chi connectivity index (χ4v) is 0.934. The monoisotopic (exact) mass is 166 g/mol. The van der Waals surface area contributed by atoms with E-state index in [-0.39, 0.29) is 24.4 Å². The molecule has 0 saturated carbocycles. The van der Waals surface area contributed by atoms with E-state index in [9.17, 15) is 4.79 Å². The van der Waals surface area contributed by atoms with E-state index >= 15 is 0 Å². The molecule has 1 aliphatic heterocycles. The van der Waals surface area contributed by atoms with Crippen molar-refractivity contribution in [1.82, 2.24) is 5.32 Å². The normalized spacial score (nSPS) is 31.3. The number of carbonyl (C=O) groups is 1. The summed E-state index contributed by atoms with van der Waals surface area (Å²) in [6.45, 7) is 0.480. The van der Waals surface area contributed by atoms with Crippen LogP contribution in [0.1, 0.15) is 6.42 Å². The first-order chi connectivity index (χ1) is 4.20. The average Bonchev–Trinajstić information content (AvgIpc) is 2.14. The van der Waals surface area contributed by atoms with Crippen molar-refractivity contribution in [2.24, 2.45) is 5.73 Å². The van der Waals surface area contributed by atoms with Crippen molar-refractivity contribution in [3.63, 3.8) is 0 Å². The van der Waals surface area contributed by atoms with Gasteiger partial charge in [0.2, 0.25) is 5.91 Å². The predicted octanol–water partition coefficient (Wildman–Crippen LogP) is -1.38. The molecule has 4 N–H and O–H groups in total. The first-order valence-electron chi connectivity index (χ1n) is 2.91. The molecule has 10 heavy (non-hydrogen) atoms. The Hall–Kier alpha value is -0.320. The number of nitrogens with one attached hydrogen (secondary N) is 1. The van der Waals surface area contributed by atoms with E-state index in [1.165, 1.54) is 0 Å². The minimum atomic E-state index is -0.400. The van der Waals surface area contributed by atoms with E-state index in [0.717, 1.165) is 0 Å². The Morgan fingerprint density at radius 1 is 1.70 bits per heavy atom. The van der Waals surface area contributed by atoms with Crippen molar-refractivity contribution < 1.29 is 9.90 Å². The Bertz CT molecular complexity index is 131. The molecule has 1 aliphatic rings. The van der Waals surface area contributed by atoms with Gasteiger partial charge in [0.15, 0.2) is 0 Å². The van der Waals surface area contributed by atoms with Crippen molar-refractivity contribution >= 4 is 18.3 Å². The summed E-state index contributed by atoms with van der Waals surface area (Å²) in [6, 6.07) is -0.319. The average molecular weight is 167 g/mol. The van der Waals surface area contributed by atoms with E-state index in [4.69, 9.17) is 10.8 Å². The number of hydrogen-bond acceptors (Lipinski definition) is 3. The van der Waals surface area contributed by atoms with E-state index in [2.05, 4.69) is 5.32 Å². The molecule has 1 saturated heterocycles. The minimum absolute atomic E-state index is 0. The van der Waals surface area contributed by atoms with Gasteiger partial charge in [-0.15, -0.1) is 12.4 Å². The Labute approximate surface area is 65.2 Å². The number of nitrogens with two attached hydrogens (primary N) is 1. The molecule has 0 bridgehead atoms. The van der Waals surface area contributed by atoms with Gasteiger partial charge in [0.05, 0.1) is 12.1 Å². The van der Waals surface area contributed by atoms with Crippen LogP contribution in [0, 0.1) is 0 Å². The lowest BCUT2D eigenvalue weighted by atomic mass is 10.2. The molecule has 0 spiro atoms. The van der Waals surface area contributed by atoms with Gasteiger partial charge in [0, 0.05) is 6.54 Å². The molecule has 0 aromatic heterocycles. The smallest absolute Gasteiger partial charge is 0.234 e. The van der Waals surface area contributed by atoms with Crippen LogP contribution in [0.3, 0.4) is 0 Å². The van der Waals surface area contributed by atoms with Crippen LogP contribution in [-0.2, 0) is 4.79 Å². The van der Waals surface area contributed by atoms with Gasteiger partial charge in [-0.25, -0.2) is 0 Å². The second kappa shape index (κ2) is 3.75. The van der Waals surface area contributed by atoms with Gasteiger partial charge in [-0.05, 0) is 6.42 Å². The fraction of sp³-hybridized carbons (Fsp3) is 0.800. The zero-order chi connectivity index (χ0) is 6.85. The van der Waals surface area contributed by atoms with Crippen molar-refractivity contribution in [1.29, 1.82) is 0 Å². The molecular formula is C5H11ClN2O2. The van der Waals surface area contributed by atoms with Crippen LogP contribution in [0.4, 0.5) is 0 Å². The number of hydrogen-bond donors (Lipinski definition) is 3. The molecule has 1 rings (SSSR count). The zero-order valence-electron chi connectivity index (χ0n) is 5.41. The van der Waals surface area contributed by atoms with Crippen LogP contribution in [0.2, 0.25) is 0 Å². The zero-order valence-corrected chi connectivity index (χ0v) is 6.23. The van der Waals surface area contributed by atoms with Crippen molar-refractivity contribution in [2.45, 2.75) is 18.6 Å². The quantitative estimate of drug-likeness (QED) is 0.449. The number of halogens is 1. The third-order valence-electron chi connectivity index (χ3n) is 1.45. The molecule has 60 valence electrons. The Kier molecular flexibility index (Phi) is 3.63. The topological polar surface area (TPSA) is 75.4 Å². The van der Waals surface area contributed by atoms with Crippen molar-refractivity contribution in [2.75, 3.05) is 6.54 Å². The second-order valence-corrected chi connectivity index (χ2v) is 2.25. The lowest BCUT2D eigenvalue weighted by Gasteiger charge is -2.01. The Morgan fingerprint density at radius 2 is 2.30 bits per heavy atom. The standard InChI is InChI=1S/C5H10N2O2.ClH/c6-5(9)4-1-3(8)2-7-4;/h3-4,7-8H,1-2H2,(H2,6,9);1H/t3?,4-;/m0./s1. The molecular weight excluding hydrogens is 156 g/mol. The van der Waals surface area contributed by atoms with Crippen LogP contribution in [0.25, 0.3) is 0 Å². The number of aliphatic hydroxyl groups is 1. The first kappa shape index (κ1) is 9.68. The summed E-state index contributed by atoms with van der Waals surface area (Å²) in [4.78, 5) is 10.4. The highest BCUT2D eigenvalue weighted by molar-refractivity contribution is 5.85. The number of rotatable bonds is 1. The number of aliphatic hydroxyl groups excluding tert-OH is 1. The molecule has 0 aliphatic carbocycles. The summed E-state index contributed by atoms with van der Waals surface area (Å²) in [5.41, 5.74) is 4.95. The minimum Gasteiger partial charge on any atom is -0.392 e. The lowest BCUT2D eigenvalue weighted by Crippen LogP contribution is -2.36. The maximum atomic E-state index is 10.4. The molecule has 1 fully saturated rings. The van der Waals surface area contributed by atoms with Crippen LogP contribution >= 0.6 is 12.4 Å². The second-order valence-electron chi connectivity index (χ2n) is 2.25. The highest BCUT2D eigenvalue weighted by Gasteiger charge is 2.25. The molecule has 5 heteroatoms. The van der Waals surface area contributed by atoms with Crippen LogP contribution in [-0.4, -0.2) is 29.7 Å². The molecule has 1 unspecified atom stereocenters. The van der Waals surface area contributed by atoms with Gasteiger partial charge in [-0.1, -0.05) is 0 Å².